The molecule has 6 aromatic rings. The summed E-state index contributed by atoms with van der Waals surface area (Å²) in [6.45, 7) is 0.0534. The van der Waals surface area contributed by atoms with Crippen LogP contribution in [0.25, 0.3) is 38.5 Å². The molecule has 0 radical (unpaired) electrons. The lowest BCUT2D eigenvalue weighted by atomic mass is 10.1. The fraction of sp³-hybridized carbons (Fsp3) is 0.120. The van der Waals surface area contributed by atoms with Crippen LogP contribution in [0.3, 0.4) is 0 Å². The Morgan fingerprint density at radius 1 is 0.971 bits per heavy atom. The summed E-state index contributed by atoms with van der Waals surface area (Å²) in [6.07, 6.45) is 4.97. The van der Waals surface area contributed by atoms with Gasteiger partial charge in [0.2, 0.25) is 5.88 Å². The van der Waals surface area contributed by atoms with Crippen molar-refractivity contribution >= 4 is 32.8 Å². The molecule has 4 heterocycles. The maximum Gasteiger partial charge on any atom is 0.241 e. The van der Waals surface area contributed by atoms with Crippen LogP contribution in [0.5, 0.6) is 11.8 Å². The zero-order chi connectivity index (χ0) is 24.1. The Labute approximate surface area is 197 Å². The molecule has 0 saturated heterocycles. The van der Waals surface area contributed by atoms with Crippen LogP contribution in [0, 0.1) is 11.6 Å². The minimum absolute atomic E-state index is 0.0534. The van der Waals surface area contributed by atoms with Gasteiger partial charge in [-0.3, -0.25) is 0 Å². The smallest absolute Gasteiger partial charge is 0.241 e. The van der Waals surface area contributed by atoms with E-state index in [0.717, 1.165) is 33.6 Å². The van der Waals surface area contributed by atoms with Crippen molar-refractivity contribution in [1.82, 2.24) is 29.3 Å². The molecule has 35 heavy (non-hydrogen) atoms. The lowest BCUT2D eigenvalue weighted by molar-refractivity contribution is 0.375. The van der Waals surface area contributed by atoms with Crippen LogP contribution in [0.2, 0.25) is 0 Å². The number of pyridine rings is 1. The molecule has 0 aliphatic carbocycles. The van der Waals surface area contributed by atoms with Gasteiger partial charge in [-0.2, -0.15) is 10.1 Å². The quantitative estimate of drug-likeness (QED) is 0.363. The van der Waals surface area contributed by atoms with Gasteiger partial charge in [0.25, 0.3) is 0 Å². The number of methoxy groups -OCH3 is 2. The Morgan fingerprint density at radius 3 is 2.69 bits per heavy atom. The Bertz CT molecular complexity index is 1740. The van der Waals surface area contributed by atoms with Crippen LogP contribution in [0.4, 0.5) is 8.78 Å². The van der Waals surface area contributed by atoms with E-state index in [2.05, 4.69) is 20.2 Å². The van der Waals surface area contributed by atoms with Gasteiger partial charge >= 0.3 is 0 Å². The van der Waals surface area contributed by atoms with E-state index in [4.69, 9.17) is 9.47 Å². The number of halogens is 2. The summed E-state index contributed by atoms with van der Waals surface area (Å²) in [4.78, 5) is 8.57. The third-order valence-corrected chi connectivity index (χ3v) is 6.07. The van der Waals surface area contributed by atoms with E-state index in [1.807, 2.05) is 29.0 Å². The van der Waals surface area contributed by atoms with E-state index in [-0.39, 0.29) is 12.1 Å². The van der Waals surface area contributed by atoms with Crippen molar-refractivity contribution in [2.45, 2.75) is 6.54 Å². The highest BCUT2D eigenvalue weighted by atomic mass is 19.2. The summed E-state index contributed by atoms with van der Waals surface area (Å²) < 4.78 is 43.2. The van der Waals surface area contributed by atoms with Gasteiger partial charge in [0.15, 0.2) is 17.5 Å². The van der Waals surface area contributed by atoms with E-state index in [9.17, 15) is 8.78 Å². The second kappa shape index (κ2) is 8.01. The van der Waals surface area contributed by atoms with E-state index in [0.29, 0.717) is 22.8 Å². The molecule has 4 aromatic heterocycles. The largest absolute Gasteiger partial charge is 0.482 e. The SMILES string of the molecule is COc1ncnc2ccn(-c3cc4ccc(OC)n(Cc5cccc(F)c5F)c4c4cnnc34)c12. The summed E-state index contributed by atoms with van der Waals surface area (Å²) in [7, 11) is 3.09. The lowest BCUT2D eigenvalue weighted by Crippen LogP contribution is -2.09. The number of ether oxygens (including phenoxy) is 2. The highest BCUT2D eigenvalue weighted by Gasteiger charge is 2.20. The number of benzene rings is 2. The molecule has 10 heteroatoms. The molecular formula is C25H18F2N6O2. The fourth-order valence-corrected chi connectivity index (χ4v) is 4.50. The second-order valence-electron chi connectivity index (χ2n) is 7.92. The molecule has 0 amide bonds. The Hall–Kier alpha value is -4.60. The van der Waals surface area contributed by atoms with Crippen molar-refractivity contribution < 1.29 is 18.3 Å². The predicted molar refractivity (Wildman–Crippen MR) is 126 cm³/mol. The predicted octanol–water partition coefficient (Wildman–Crippen LogP) is 4.66. The number of hydrogen-bond donors (Lipinski definition) is 0. The van der Waals surface area contributed by atoms with E-state index >= 15 is 0 Å². The molecule has 6 rings (SSSR count). The molecule has 0 unspecified atom stereocenters. The van der Waals surface area contributed by atoms with E-state index in [1.165, 1.54) is 19.5 Å². The number of fused-ring (bicyclic) bond motifs is 4. The minimum Gasteiger partial charge on any atom is -0.482 e. The highest BCUT2D eigenvalue weighted by molar-refractivity contribution is 6.08. The van der Waals surface area contributed by atoms with Gasteiger partial charge in [-0.15, -0.1) is 5.10 Å². The summed E-state index contributed by atoms with van der Waals surface area (Å²) in [5.41, 5.74) is 3.71. The molecule has 0 saturated carbocycles. The monoisotopic (exact) mass is 472 g/mol. The van der Waals surface area contributed by atoms with Crippen molar-refractivity contribution in [3.63, 3.8) is 0 Å². The fourth-order valence-electron chi connectivity index (χ4n) is 4.50. The van der Waals surface area contributed by atoms with Crippen LogP contribution >= 0.6 is 0 Å². The Balaban J connectivity index is 1.65. The molecular weight excluding hydrogens is 454 g/mol. The molecule has 0 spiro atoms. The van der Waals surface area contributed by atoms with Crippen LogP contribution < -0.4 is 9.47 Å². The van der Waals surface area contributed by atoms with Gasteiger partial charge in [-0.25, -0.2) is 13.8 Å². The average molecular weight is 472 g/mol. The van der Waals surface area contributed by atoms with Gasteiger partial charge in [-0.05, 0) is 30.3 Å². The summed E-state index contributed by atoms with van der Waals surface area (Å²) in [6, 6.07) is 11.6. The molecule has 0 N–H and O–H groups in total. The summed E-state index contributed by atoms with van der Waals surface area (Å²) in [5, 5.41) is 10.1. The maximum absolute atomic E-state index is 14.6. The van der Waals surface area contributed by atoms with E-state index in [1.54, 1.807) is 30.0 Å². The second-order valence-corrected chi connectivity index (χ2v) is 7.92. The third kappa shape index (κ3) is 3.17. The lowest BCUT2D eigenvalue weighted by Gasteiger charge is -2.18. The first-order valence-corrected chi connectivity index (χ1v) is 10.7. The molecule has 8 nitrogen and oxygen atoms in total. The van der Waals surface area contributed by atoms with Crippen molar-refractivity contribution in [1.29, 1.82) is 0 Å². The molecule has 0 atom stereocenters. The van der Waals surface area contributed by atoms with Crippen molar-refractivity contribution in [2.24, 2.45) is 0 Å². The number of rotatable bonds is 5. The number of hydrogen-bond acceptors (Lipinski definition) is 6. The van der Waals surface area contributed by atoms with E-state index < -0.39 is 11.6 Å². The number of nitrogens with zero attached hydrogens (tertiary/aromatic N) is 6. The Kier molecular flexibility index (Phi) is 4.80. The third-order valence-electron chi connectivity index (χ3n) is 6.07. The van der Waals surface area contributed by atoms with Crippen LogP contribution in [0.1, 0.15) is 5.56 Å². The molecule has 0 bridgehead atoms. The molecule has 2 aromatic carbocycles. The summed E-state index contributed by atoms with van der Waals surface area (Å²) >= 11 is 0. The van der Waals surface area contributed by atoms with Gasteiger partial charge < -0.3 is 18.6 Å². The van der Waals surface area contributed by atoms with Crippen LogP contribution in [0.15, 0.2) is 61.2 Å². The first kappa shape index (κ1) is 21.0. The zero-order valence-electron chi connectivity index (χ0n) is 18.7. The summed E-state index contributed by atoms with van der Waals surface area (Å²) in [5.74, 6) is -0.879. The van der Waals surface area contributed by atoms with Gasteiger partial charge in [0.1, 0.15) is 17.4 Å². The zero-order valence-corrected chi connectivity index (χ0v) is 18.7. The van der Waals surface area contributed by atoms with Gasteiger partial charge in [0, 0.05) is 22.5 Å². The minimum atomic E-state index is -0.901. The number of aromatic nitrogens is 6. The topological polar surface area (TPSA) is 79.9 Å². The molecule has 174 valence electrons. The highest BCUT2D eigenvalue weighted by Crippen LogP contribution is 2.35. The van der Waals surface area contributed by atoms with Crippen LogP contribution in [-0.2, 0) is 6.54 Å². The first-order valence-electron chi connectivity index (χ1n) is 10.7. The molecule has 0 aliphatic rings. The average Bonchev–Trinajstić information content (AvgIpc) is 3.54. The first-order chi connectivity index (χ1) is 17.1. The normalized spacial score (nSPS) is 11.5. The molecule has 0 fully saturated rings. The van der Waals surface area contributed by atoms with Crippen LogP contribution in [-0.4, -0.2) is 43.5 Å². The standard InChI is InChI=1S/C25H18F2N6O2/c1-34-20-7-6-14-10-19(32-9-8-18-24(32)25(35-2)29-13-28-18)22-16(11-30-31-22)23(14)33(20)12-15-4-3-5-17(26)21(15)27/h3-11,13H,12H2,1-2H3. The van der Waals surface area contributed by atoms with Gasteiger partial charge in [0.05, 0.1) is 43.7 Å². The Morgan fingerprint density at radius 2 is 1.86 bits per heavy atom. The van der Waals surface area contributed by atoms with Crippen molar-refractivity contribution in [2.75, 3.05) is 14.2 Å². The molecule has 0 aliphatic heterocycles. The maximum atomic E-state index is 14.6. The van der Waals surface area contributed by atoms with Crippen molar-refractivity contribution in [3.8, 4) is 17.4 Å². The van der Waals surface area contributed by atoms with Crippen molar-refractivity contribution in [3.05, 3.63) is 78.4 Å². The van der Waals surface area contributed by atoms with Gasteiger partial charge in [-0.1, -0.05) is 12.1 Å².